The number of anilines is 3. The molecule has 0 aliphatic carbocycles. The number of ether oxygens (including phenoxy) is 1. The number of para-hydroxylation sites is 2. The minimum atomic E-state index is 0.855. The average molecular weight is 494 g/mol. The maximum absolute atomic E-state index is 5.28. The van der Waals surface area contributed by atoms with Crippen LogP contribution in [0.2, 0.25) is 0 Å². The Morgan fingerprint density at radius 2 is 1.13 bits per heavy atom. The third-order valence-electron chi connectivity index (χ3n) is 6.46. The smallest absolute Gasteiger partial charge is 0.118 e. The Morgan fingerprint density at radius 3 is 1.68 bits per heavy atom. The highest BCUT2D eigenvalue weighted by molar-refractivity contribution is 5.78. The minimum Gasteiger partial charge on any atom is -0.497 e. The zero-order chi connectivity index (χ0) is 26.0. The normalized spacial score (nSPS) is 11.4. The predicted octanol–water partition coefficient (Wildman–Crippen LogP) is 9.50. The highest BCUT2D eigenvalue weighted by Crippen LogP contribution is 2.35. The van der Waals surface area contributed by atoms with Gasteiger partial charge in [0, 0.05) is 17.1 Å². The number of hydrogen-bond donors (Lipinski definition) is 0. The van der Waals surface area contributed by atoms with Gasteiger partial charge in [0.05, 0.1) is 7.11 Å². The number of benzene rings is 5. The van der Waals surface area contributed by atoms with Crippen molar-refractivity contribution in [2.45, 2.75) is 6.42 Å². The maximum Gasteiger partial charge on any atom is 0.118 e. The Labute approximate surface area is 225 Å². The molecular weight excluding hydrogens is 462 g/mol. The fourth-order valence-corrected chi connectivity index (χ4v) is 4.49. The molecule has 186 valence electrons. The van der Waals surface area contributed by atoms with Crippen molar-refractivity contribution >= 4 is 28.7 Å². The molecule has 2 heteroatoms. The molecule has 0 bridgehead atoms. The van der Waals surface area contributed by atoms with E-state index >= 15 is 0 Å². The van der Waals surface area contributed by atoms with Gasteiger partial charge in [0.25, 0.3) is 0 Å². The molecule has 0 radical (unpaired) electrons. The second-order valence-corrected chi connectivity index (χ2v) is 9.04. The summed E-state index contributed by atoms with van der Waals surface area (Å²) in [7, 11) is 1.69. The Balaban J connectivity index is 1.46. The minimum absolute atomic E-state index is 0.855. The van der Waals surface area contributed by atoms with Crippen LogP contribution in [0.5, 0.6) is 5.75 Å². The molecule has 5 aromatic rings. The molecule has 0 unspecified atom stereocenters. The van der Waals surface area contributed by atoms with Gasteiger partial charge in [-0.1, -0.05) is 109 Å². The maximum atomic E-state index is 5.28. The van der Waals surface area contributed by atoms with Crippen LogP contribution in [0, 0.1) is 0 Å². The van der Waals surface area contributed by atoms with E-state index in [0.717, 1.165) is 34.8 Å². The molecule has 0 spiro atoms. The van der Waals surface area contributed by atoms with Crippen molar-refractivity contribution in [1.29, 1.82) is 0 Å². The van der Waals surface area contributed by atoms with Crippen molar-refractivity contribution in [2.24, 2.45) is 0 Å². The van der Waals surface area contributed by atoms with Gasteiger partial charge < -0.3 is 9.64 Å². The molecule has 0 atom stereocenters. The van der Waals surface area contributed by atoms with Crippen molar-refractivity contribution in [2.75, 3.05) is 12.0 Å². The van der Waals surface area contributed by atoms with Crippen LogP contribution >= 0.6 is 0 Å². The van der Waals surface area contributed by atoms with Gasteiger partial charge in [-0.2, -0.15) is 0 Å². The summed E-state index contributed by atoms with van der Waals surface area (Å²) in [4.78, 5) is 2.29. The summed E-state index contributed by atoms with van der Waals surface area (Å²) in [6.45, 7) is 0. The van der Waals surface area contributed by atoms with Crippen molar-refractivity contribution in [3.63, 3.8) is 0 Å². The summed E-state index contributed by atoms with van der Waals surface area (Å²) in [6.07, 6.45) is 7.34. The van der Waals surface area contributed by atoms with Crippen LogP contribution in [0.15, 0.2) is 152 Å². The Bertz CT molecular complexity index is 1430. The molecule has 0 N–H and O–H groups in total. The first-order valence-electron chi connectivity index (χ1n) is 12.9. The van der Waals surface area contributed by atoms with Crippen molar-refractivity contribution in [3.8, 4) is 5.75 Å². The number of hydrogen-bond acceptors (Lipinski definition) is 2. The monoisotopic (exact) mass is 493 g/mol. The van der Waals surface area contributed by atoms with Gasteiger partial charge in [0.1, 0.15) is 5.75 Å². The van der Waals surface area contributed by atoms with E-state index in [1.807, 2.05) is 12.1 Å². The van der Waals surface area contributed by atoms with Gasteiger partial charge in [0.15, 0.2) is 0 Å². The van der Waals surface area contributed by atoms with Crippen LogP contribution in [0.1, 0.15) is 16.7 Å². The summed E-state index contributed by atoms with van der Waals surface area (Å²) < 4.78 is 5.28. The van der Waals surface area contributed by atoms with Crippen LogP contribution in [0.3, 0.4) is 0 Å². The molecule has 5 rings (SSSR count). The van der Waals surface area contributed by atoms with Gasteiger partial charge in [-0.05, 0) is 77.2 Å². The lowest BCUT2D eigenvalue weighted by atomic mass is 9.97. The number of methoxy groups -OCH3 is 1. The largest absolute Gasteiger partial charge is 0.497 e. The van der Waals surface area contributed by atoms with Gasteiger partial charge in [0.2, 0.25) is 0 Å². The van der Waals surface area contributed by atoms with E-state index in [2.05, 4.69) is 151 Å². The number of nitrogens with zero attached hydrogens (tertiary/aromatic N) is 1. The molecule has 0 fully saturated rings. The first-order valence-corrected chi connectivity index (χ1v) is 12.9. The molecule has 5 aromatic carbocycles. The Morgan fingerprint density at radius 1 is 0.605 bits per heavy atom. The fraction of sp³-hybridized carbons (Fsp3) is 0.0556. The zero-order valence-electron chi connectivity index (χ0n) is 21.6. The molecule has 0 saturated carbocycles. The summed E-state index contributed by atoms with van der Waals surface area (Å²) >= 11 is 0. The van der Waals surface area contributed by atoms with Crippen molar-refractivity contribution in [1.82, 2.24) is 0 Å². The topological polar surface area (TPSA) is 12.5 Å². The van der Waals surface area contributed by atoms with Crippen LogP contribution < -0.4 is 9.64 Å². The molecule has 38 heavy (non-hydrogen) atoms. The fourth-order valence-electron chi connectivity index (χ4n) is 4.49. The summed E-state index contributed by atoms with van der Waals surface area (Å²) in [5.74, 6) is 0.864. The molecule has 0 amide bonds. The van der Waals surface area contributed by atoms with E-state index in [9.17, 15) is 0 Å². The van der Waals surface area contributed by atoms with Crippen LogP contribution in [-0.4, -0.2) is 7.11 Å². The van der Waals surface area contributed by atoms with Gasteiger partial charge in [-0.3, -0.25) is 0 Å². The Hall–Kier alpha value is -4.82. The lowest BCUT2D eigenvalue weighted by Crippen LogP contribution is -2.09. The summed E-state index contributed by atoms with van der Waals surface area (Å²) in [6, 6.07) is 48.6. The molecule has 2 nitrogen and oxygen atoms in total. The van der Waals surface area contributed by atoms with E-state index in [-0.39, 0.29) is 0 Å². The third kappa shape index (κ3) is 6.29. The zero-order valence-corrected chi connectivity index (χ0v) is 21.6. The third-order valence-corrected chi connectivity index (χ3v) is 6.46. The van der Waals surface area contributed by atoms with E-state index in [4.69, 9.17) is 4.74 Å². The second kappa shape index (κ2) is 12.4. The van der Waals surface area contributed by atoms with E-state index in [0.29, 0.717) is 0 Å². The summed E-state index contributed by atoms with van der Waals surface area (Å²) in [5, 5.41) is 0. The van der Waals surface area contributed by atoms with Gasteiger partial charge >= 0.3 is 0 Å². The van der Waals surface area contributed by atoms with Crippen LogP contribution in [0.4, 0.5) is 17.1 Å². The first kappa shape index (κ1) is 24.9. The number of allylic oxidation sites excluding steroid dienone is 3. The molecule has 0 aliphatic heterocycles. The molecule has 0 heterocycles. The lowest BCUT2D eigenvalue weighted by Gasteiger charge is -2.25. The second-order valence-electron chi connectivity index (χ2n) is 9.04. The highest BCUT2D eigenvalue weighted by Gasteiger charge is 2.12. The lowest BCUT2D eigenvalue weighted by molar-refractivity contribution is 0.415. The van der Waals surface area contributed by atoms with E-state index < -0.39 is 0 Å². The summed E-state index contributed by atoms with van der Waals surface area (Å²) in [5.41, 5.74) is 8.28. The van der Waals surface area contributed by atoms with Crippen LogP contribution in [-0.2, 0) is 6.42 Å². The van der Waals surface area contributed by atoms with Gasteiger partial charge in [-0.15, -0.1) is 0 Å². The standard InChI is InChI=1S/C36H31NO/c1-38-36-26-20-29(21-27-36)14-11-15-32(28-30-12-5-2-6-13-30)31-22-24-35(25-23-31)37(33-16-7-3-8-17-33)34-18-9-4-10-19-34/h2-27H,28H2,1H3. The van der Waals surface area contributed by atoms with Crippen molar-refractivity contribution in [3.05, 3.63) is 168 Å². The first-order chi connectivity index (χ1) is 18.8. The Kier molecular flexibility index (Phi) is 8.13. The quantitative estimate of drug-likeness (QED) is 0.190. The molecule has 0 saturated heterocycles. The molecular formula is C36H31NO. The van der Waals surface area contributed by atoms with E-state index in [1.165, 1.54) is 16.7 Å². The SMILES string of the molecule is COc1ccc(C=CC=C(Cc2ccccc2)c2ccc(N(c3ccccc3)c3ccccc3)cc2)cc1. The van der Waals surface area contributed by atoms with Crippen LogP contribution in [0.25, 0.3) is 11.6 Å². The average Bonchev–Trinajstić information content (AvgIpc) is 2.99. The number of rotatable bonds is 9. The molecule has 0 aromatic heterocycles. The highest BCUT2D eigenvalue weighted by atomic mass is 16.5. The van der Waals surface area contributed by atoms with Gasteiger partial charge in [-0.25, -0.2) is 0 Å². The van der Waals surface area contributed by atoms with E-state index in [1.54, 1.807) is 7.11 Å². The predicted molar refractivity (Wildman–Crippen MR) is 161 cm³/mol. The van der Waals surface area contributed by atoms with Crippen molar-refractivity contribution < 1.29 is 4.74 Å². The molecule has 0 aliphatic rings.